The van der Waals surface area contributed by atoms with Crippen molar-refractivity contribution < 1.29 is 9.84 Å². The van der Waals surface area contributed by atoms with Crippen molar-refractivity contribution in [2.24, 2.45) is 0 Å². The molecule has 1 saturated heterocycles. The smallest absolute Gasteiger partial charge is 0.138 e. The maximum Gasteiger partial charge on any atom is 0.138 e. The maximum absolute atomic E-state index is 10.1. The van der Waals surface area contributed by atoms with Gasteiger partial charge >= 0.3 is 0 Å². The molecule has 9 nitrogen and oxygen atoms in total. The lowest BCUT2D eigenvalue weighted by Gasteiger charge is -2.35. The van der Waals surface area contributed by atoms with E-state index in [0.29, 0.717) is 22.0 Å². The Morgan fingerprint density at radius 2 is 1.89 bits per heavy atom. The first-order valence-electron chi connectivity index (χ1n) is 12.1. The second-order valence-corrected chi connectivity index (χ2v) is 10.2. The third-order valence-corrected chi connectivity index (χ3v) is 6.47. The summed E-state index contributed by atoms with van der Waals surface area (Å²) >= 11 is 5.90. The summed E-state index contributed by atoms with van der Waals surface area (Å²) in [6.45, 7) is 7.94. The predicted molar refractivity (Wildman–Crippen MR) is 142 cm³/mol. The summed E-state index contributed by atoms with van der Waals surface area (Å²) < 4.78 is 7.46. The van der Waals surface area contributed by atoms with E-state index >= 15 is 0 Å². The topological polar surface area (TPSA) is 103 Å². The number of piperazine rings is 1. The van der Waals surface area contributed by atoms with Gasteiger partial charge in [0.25, 0.3) is 0 Å². The molecule has 1 aliphatic heterocycles. The molecule has 5 rings (SSSR count). The highest BCUT2D eigenvalue weighted by molar-refractivity contribution is 6.29. The lowest BCUT2D eigenvalue weighted by Crippen LogP contribution is -2.46. The quantitative estimate of drug-likeness (QED) is 0.369. The summed E-state index contributed by atoms with van der Waals surface area (Å²) in [4.78, 5) is 13.6. The highest BCUT2D eigenvalue weighted by Gasteiger charge is 2.20. The number of nitriles is 1. The normalized spacial score (nSPS) is 14.6. The van der Waals surface area contributed by atoms with Gasteiger partial charge in [-0.1, -0.05) is 17.7 Å². The first-order chi connectivity index (χ1) is 17.8. The van der Waals surface area contributed by atoms with Gasteiger partial charge in [-0.05, 0) is 43.7 Å². The van der Waals surface area contributed by atoms with Crippen LogP contribution in [-0.4, -0.2) is 68.0 Å². The van der Waals surface area contributed by atoms with Gasteiger partial charge in [-0.15, -0.1) is 0 Å². The Bertz CT molecular complexity index is 1410. The van der Waals surface area contributed by atoms with Crippen LogP contribution in [-0.2, 0) is 6.54 Å². The Labute approximate surface area is 220 Å². The summed E-state index contributed by atoms with van der Waals surface area (Å²) in [5, 5.41) is 24.5. The molecule has 0 unspecified atom stereocenters. The van der Waals surface area contributed by atoms with Gasteiger partial charge in [0.15, 0.2) is 0 Å². The Morgan fingerprint density at radius 1 is 1.08 bits per heavy atom. The largest absolute Gasteiger partial charge is 0.489 e. The summed E-state index contributed by atoms with van der Waals surface area (Å²) in [7, 11) is 0. The minimum Gasteiger partial charge on any atom is -0.489 e. The number of hydrogen-bond acceptors (Lipinski definition) is 8. The Balaban J connectivity index is 1.32. The fraction of sp³-hybridized carbons (Fsp3) is 0.333. The Kier molecular flexibility index (Phi) is 6.98. The third kappa shape index (κ3) is 5.83. The molecule has 10 heteroatoms. The Morgan fingerprint density at radius 3 is 2.54 bits per heavy atom. The van der Waals surface area contributed by atoms with Crippen molar-refractivity contribution in [3.8, 4) is 22.9 Å². The number of aromatic nitrogens is 4. The molecule has 0 radical (unpaired) electrons. The third-order valence-electron chi connectivity index (χ3n) is 6.25. The SMILES string of the molecule is CC(C)(O)COc1cc(-c2ccc(N3CCN(Cc4ccc(Cl)nc4)CC3)nc2)c2c(C#N)cnn2c1. The second kappa shape index (κ2) is 10.3. The zero-order valence-corrected chi connectivity index (χ0v) is 21.6. The number of halogens is 1. The lowest BCUT2D eigenvalue weighted by atomic mass is 10.1. The number of fused-ring (bicyclic) bond motifs is 1. The highest BCUT2D eigenvalue weighted by atomic mass is 35.5. The average Bonchev–Trinajstić information content (AvgIpc) is 3.32. The van der Waals surface area contributed by atoms with Crippen molar-refractivity contribution in [1.29, 1.82) is 5.26 Å². The van der Waals surface area contributed by atoms with Gasteiger partial charge in [-0.3, -0.25) is 4.90 Å². The van der Waals surface area contributed by atoms with Crippen LogP contribution in [0.15, 0.2) is 55.1 Å². The molecular formula is C27H28ClN7O2. The number of pyridine rings is 3. The molecule has 1 aliphatic rings. The van der Waals surface area contributed by atoms with Crippen LogP contribution in [0, 0.1) is 11.3 Å². The summed E-state index contributed by atoms with van der Waals surface area (Å²) in [5.74, 6) is 1.46. The number of anilines is 1. The zero-order valence-electron chi connectivity index (χ0n) is 20.8. The van der Waals surface area contributed by atoms with Crippen molar-refractivity contribution in [3.05, 3.63) is 71.4 Å². The molecule has 190 valence electrons. The molecule has 0 bridgehead atoms. The monoisotopic (exact) mass is 517 g/mol. The fourth-order valence-corrected chi connectivity index (χ4v) is 4.48. The number of nitrogens with zero attached hydrogens (tertiary/aromatic N) is 7. The van der Waals surface area contributed by atoms with E-state index in [1.54, 1.807) is 30.8 Å². The van der Waals surface area contributed by atoms with E-state index in [9.17, 15) is 10.4 Å². The predicted octanol–water partition coefficient (Wildman–Crippen LogP) is 3.79. The van der Waals surface area contributed by atoms with Gasteiger partial charge in [0.05, 0.1) is 29.1 Å². The standard InChI is InChI=1S/C27H28ClN7O2/c1-27(2,36)18-37-22-11-23(26-21(12-29)15-32-35(26)17-22)20-4-6-25(31-14-20)34-9-7-33(8-10-34)16-19-3-5-24(28)30-13-19/h3-6,11,13-15,17,36H,7-10,16,18H2,1-2H3. The molecule has 0 aromatic carbocycles. The maximum atomic E-state index is 10.1. The number of ether oxygens (including phenoxy) is 1. The lowest BCUT2D eigenvalue weighted by molar-refractivity contribution is 0.0283. The molecular weight excluding hydrogens is 490 g/mol. The number of hydrogen-bond donors (Lipinski definition) is 1. The van der Waals surface area contributed by atoms with Crippen LogP contribution in [0.2, 0.25) is 5.15 Å². The van der Waals surface area contributed by atoms with E-state index in [1.165, 1.54) is 0 Å². The molecule has 4 aromatic rings. The van der Waals surface area contributed by atoms with Gasteiger partial charge in [0, 0.05) is 56.2 Å². The van der Waals surface area contributed by atoms with E-state index in [-0.39, 0.29) is 6.61 Å². The van der Waals surface area contributed by atoms with Gasteiger partial charge in [-0.2, -0.15) is 10.4 Å². The van der Waals surface area contributed by atoms with Crippen molar-refractivity contribution in [2.75, 3.05) is 37.7 Å². The van der Waals surface area contributed by atoms with E-state index in [2.05, 4.69) is 26.0 Å². The van der Waals surface area contributed by atoms with Crippen molar-refractivity contribution in [1.82, 2.24) is 24.5 Å². The van der Waals surface area contributed by atoms with Crippen molar-refractivity contribution in [2.45, 2.75) is 26.0 Å². The fourth-order valence-electron chi connectivity index (χ4n) is 4.36. The summed E-state index contributed by atoms with van der Waals surface area (Å²) in [6.07, 6.45) is 6.91. The molecule has 0 spiro atoms. The van der Waals surface area contributed by atoms with Crippen LogP contribution < -0.4 is 9.64 Å². The van der Waals surface area contributed by atoms with Gasteiger partial charge in [-0.25, -0.2) is 14.5 Å². The van der Waals surface area contributed by atoms with Crippen LogP contribution in [0.5, 0.6) is 5.75 Å². The van der Waals surface area contributed by atoms with E-state index in [4.69, 9.17) is 21.3 Å². The molecule has 1 fully saturated rings. The van der Waals surface area contributed by atoms with Gasteiger partial charge in [0.1, 0.15) is 29.4 Å². The second-order valence-electron chi connectivity index (χ2n) is 9.81. The molecule has 0 aliphatic carbocycles. The molecule has 0 atom stereocenters. The van der Waals surface area contributed by atoms with E-state index in [1.807, 2.05) is 42.7 Å². The van der Waals surface area contributed by atoms with E-state index < -0.39 is 5.60 Å². The minimum atomic E-state index is -0.976. The van der Waals surface area contributed by atoms with Crippen LogP contribution in [0.25, 0.3) is 16.6 Å². The molecule has 0 saturated carbocycles. The first-order valence-corrected chi connectivity index (χ1v) is 12.5. The molecule has 0 amide bonds. The highest BCUT2D eigenvalue weighted by Crippen LogP contribution is 2.31. The molecule has 4 aromatic heterocycles. The van der Waals surface area contributed by atoms with Gasteiger partial charge in [0.2, 0.25) is 0 Å². The minimum absolute atomic E-state index is 0.127. The summed E-state index contributed by atoms with van der Waals surface area (Å²) in [6, 6.07) is 11.9. The van der Waals surface area contributed by atoms with Gasteiger partial charge < -0.3 is 14.7 Å². The van der Waals surface area contributed by atoms with Crippen molar-refractivity contribution >= 4 is 22.9 Å². The Hall–Kier alpha value is -3.71. The average molecular weight is 518 g/mol. The van der Waals surface area contributed by atoms with Crippen LogP contribution >= 0.6 is 11.6 Å². The van der Waals surface area contributed by atoms with Crippen molar-refractivity contribution in [3.63, 3.8) is 0 Å². The van der Waals surface area contributed by atoms with Crippen LogP contribution in [0.4, 0.5) is 5.82 Å². The number of rotatable bonds is 7. The van der Waals surface area contributed by atoms with Crippen LogP contribution in [0.1, 0.15) is 25.0 Å². The summed E-state index contributed by atoms with van der Waals surface area (Å²) in [5.41, 5.74) is 2.99. The first kappa shape index (κ1) is 25.0. The van der Waals surface area contributed by atoms with E-state index in [0.717, 1.165) is 55.2 Å². The number of aliphatic hydroxyl groups is 1. The zero-order chi connectivity index (χ0) is 26.0. The molecule has 37 heavy (non-hydrogen) atoms. The molecule has 1 N–H and O–H groups in total. The van der Waals surface area contributed by atoms with Crippen LogP contribution in [0.3, 0.4) is 0 Å². The molecule has 5 heterocycles.